The number of urea groups is 1. The number of likely N-dealkylation sites (N-methyl/N-ethyl adjacent to an activating group) is 1. The Morgan fingerprint density at radius 3 is 2.62 bits per heavy atom. The minimum Gasteiger partial charge on any atom is -0.349 e. The van der Waals surface area contributed by atoms with Crippen molar-refractivity contribution in [2.45, 2.75) is 45.7 Å². The highest BCUT2D eigenvalue weighted by Gasteiger charge is 2.47. The maximum absolute atomic E-state index is 12.8. The first-order valence-electron chi connectivity index (χ1n) is 11.4. The molecule has 1 aromatic carbocycles. The lowest BCUT2D eigenvalue weighted by Gasteiger charge is -2.39. The summed E-state index contributed by atoms with van der Waals surface area (Å²) in [5, 5.41) is 6.11. The molecule has 3 heterocycles. The van der Waals surface area contributed by atoms with E-state index in [0.29, 0.717) is 19.6 Å². The van der Waals surface area contributed by atoms with Crippen LogP contribution in [0.2, 0.25) is 0 Å². The highest BCUT2D eigenvalue weighted by Crippen LogP contribution is 2.43. The van der Waals surface area contributed by atoms with Crippen molar-refractivity contribution in [3.8, 4) is 0 Å². The lowest BCUT2D eigenvalue weighted by molar-refractivity contribution is -0.125. The monoisotopic (exact) mass is 435 g/mol. The predicted octanol–water partition coefficient (Wildman–Crippen LogP) is 3.33. The zero-order valence-corrected chi connectivity index (χ0v) is 19.2. The van der Waals surface area contributed by atoms with Gasteiger partial charge in [0.05, 0.1) is 18.3 Å². The van der Waals surface area contributed by atoms with Gasteiger partial charge in [-0.2, -0.15) is 0 Å². The Labute approximate surface area is 190 Å². The number of hydrogen-bond acceptors (Lipinski definition) is 4. The summed E-state index contributed by atoms with van der Waals surface area (Å²) >= 11 is 0. The van der Waals surface area contributed by atoms with Crippen LogP contribution in [0.15, 0.2) is 42.6 Å². The van der Waals surface area contributed by atoms with Gasteiger partial charge in [-0.3, -0.25) is 14.7 Å². The number of pyridine rings is 1. The van der Waals surface area contributed by atoms with Crippen LogP contribution in [0.3, 0.4) is 0 Å². The number of aromatic nitrogens is 1. The van der Waals surface area contributed by atoms with Gasteiger partial charge >= 0.3 is 6.03 Å². The second-order valence-electron chi connectivity index (χ2n) is 9.34. The number of nitrogens with one attached hydrogen (secondary N) is 2. The number of carbonyl (C=O) groups excluding carboxylic acids is 2. The second-order valence-corrected chi connectivity index (χ2v) is 9.34. The zero-order chi connectivity index (χ0) is 22.7. The Balaban J connectivity index is 1.30. The van der Waals surface area contributed by atoms with E-state index in [1.807, 2.05) is 49.2 Å². The number of aryl methyl sites for hydroxylation is 1. The van der Waals surface area contributed by atoms with Crippen LogP contribution in [-0.4, -0.2) is 59.4 Å². The number of anilines is 1. The molecule has 1 unspecified atom stereocenters. The van der Waals surface area contributed by atoms with Crippen LogP contribution in [0.5, 0.6) is 0 Å². The number of carbonyl (C=O) groups is 2. The fraction of sp³-hybridized carbons (Fsp3) is 0.480. The molecule has 2 saturated heterocycles. The third-order valence-corrected chi connectivity index (χ3v) is 7.17. The fourth-order valence-electron chi connectivity index (χ4n) is 4.99. The molecular weight excluding hydrogens is 402 g/mol. The highest BCUT2D eigenvalue weighted by molar-refractivity contribution is 5.90. The third kappa shape index (κ3) is 4.78. The van der Waals surface area contributed by atoms with Gasteiger partial charge in [0.15, 0.2) is 0 Å². The minimum absolute atomic E-state index is 0.0374. The highest BCUT2D eigenvalue weighted by atomic mass is 16.2. The molecule has 0 bridgehead atoms. The Morgan fingerprint density at radius 2 is 1.91 bits per heavy atom. The van der Waals surface area contributed by atoms with E-state index in [0.717, 1.165) is 42.8 Å². The first kappa shape index (κ1) is 22.3. The number of benzene rings is 1. The van der Waals surface area contributed by atoms with Crippen molar-refractivity contribution < 1.29 is 9.59 Å². The molecule has 0 radical (unpaired) electrons. The molecule has 0 aliphatic carbocycles. The van der Waals surface area contributed by atoms with Gasteiger partial charge in [0.2, 0.25) is 5.91 Å². The molecule has 1 atom stereocenters. The summed E-state index contributed by atoms with van der Waals surface area (Å²) in [6.07, 6.45) is 4.41. The molecule has 2 aliphatic heterocycles. The average Bonchev–Trinajstić information content (AvgIpc) is 3.12. The number of hydrogen-bond donors (Lipinski definition) is 2. The smallest absolute Gasteiger partial charge is 0.321 e. The van der Waals surface area contributed by atoms with E-state index < -0.39 is 0 Å². The summed E-state index contributed by atoms with van der Waals surface area (Å²) < 4.78 is 0. The molecule has 2 aliphatic rings. The minimum atomic E-state index is -0.131. The molecule has 1 aromatic heterocycles. The van der Waals surface area contributed by atoms with E-state index in [1.165, 1.54) is 5.56 Å². The molecule has 7 nitrogen and oxygen atoms in total. The van der Waals surface area contributed by atoms with E-state index >= 15 is 0 Å². The summed E-state index contributed by atoms with van der Waals surface area (Å²) in [5.41, 5.74) is 4.10. The van der Waals surface area contributed by atoms with Crippen LogP contribution in [0.4, 0.5) is 10.5 Å². The van der Waals surface area contributed by atoms with E-state index in [2.05, 4.69) is 33.5 Å². The normalized spacial score (nSPS) is 20.3. The number of amides is 3. The molecule has 2 fully saturated rings. The van der Waals surface area contributed by atoms with Gasteiger partial charge in [0.25, 0.3) is 0 Å². The molecule has 0 saturated carbocycles. The summed E-state index contributed by atoms with van der Waals surface area (Å²) in [7, 11) is 2.03. The van der Waals surface area contributed by atoms with Crippen LogP contribution in [0.25, 0.3) is 0 Å². The summed E-state index contributed by atoms with van der Waals surface area (Å²) in [6, 6.07) is 11.5. The molecular formula is C25H33N5O2. The van der Waals surface area contributed by atoms with E-state index in [4.69, 9.17) is 0 Å². The molecule has 2 N–H and O–H groups in total. The van der Waals surface area contributed by atoms with Gasteiger partial charge in [-0.1, -0.05) is 18.2 Å². The van der Waals surface area contributed by atoms with Crippen LogP contribution in [-0.2, 0) is 11.3 Å². The van der Waals surface area contributed by atoms with E-state index in [1.54, 1.807) is 6.20 Å². The van der Waals surface area contributed by atoms with E-state index in [9.17, 15) is 9.59 Å². The SMILES string of the molecule is Cc1cccc(NC(=O)N2CCC3(CC2)CC(C(=O)NCc2ccccn2)N(C)C3)c1C. The van der Waals surface area contributed by atoms with Gasteiger partial charge < -0.3 is 15.5 Å². The fourth-order valence-corrected chi connectivity index (χ4v) is 4.99. The standard InChI is InChI=1S/C25H33N5O2/c1-18-7-6-9-21(19(18)2)28-24(32)30-13-10-25(11-14-30)15-22(29(3)17-25)23(31)27-16-20-8-4-5-12-26-20/h4-9,12,22H,10-11,13-17H2,1-3H3,(H,27,31)(H,28,32). The van der Waals surface area contributed by atoms with Crippen molar-refractivity contribution in [3.05, 3.63) is 59.4 Å². The Kier molecular flexibility index (Phi) is 6.46. The molecule has 3 amide bonds. The zero-order valence-electron chi connectivity index (χ0n) is 19.2. The van der Waals surface area contributed by atoms with Gasteiger partial charge in [-0.05, 0) is 74.9 Å². The lowest BCUT2D eigenvalue weighted by Crippen LogP contribution is -2.45. The van der Waals surface area contributed by atoms with Crippen LogP contribution in [0, 0.1) is 19.3 Å². The number of piperidine rings is 1. The van der Waals surface area contributed by atoms with Gasteiger partial charge in [-0.25, -0.2) is 4.79 Å². The topological polar surface area (TPSA) is 77.6 Å². The number of likely N-dealkylation sites (tertiary alicyclic amines) is 2. The second kappa shape index (κ2) is 9.28. The molecule has 1 spiro atoms. The average molecular weight is 436 g/mol. The summed E-state index contributed by atoms with van der Waals surface area (Å²) in [4.78, 5) is 34.0. The Morgan fingerprint density at radius 1 is 1.12 bits per heavy atom. The van der Waals surface area contributed by atoms with Crippen molar-refractivity contribution in [2.75, 3.05) is 32.0 Å². The van der Waals surface area contributed by atoms with Crippen molar-refractivity contribution in [3.63, 3.8) is 0 Å². The molecule has 170 valence electrons. The predicted molar refractivity (Wildman–Crippen MR) is 125 cm³/mol. The van der Waals surface area contributed by atoms with Crippen LogP contribution >= 0.6 is 0 Å². The largest absolute Gasteiger partial charge is 0.349 e. The molecule has 7 heteroatoms. The van der Waals surface area contributed by atoms with Crippen LogP contribution in [0.1, 0.15) is 36.1 Å². The van der Waals surface area contributed by atoms with Crippen LogP contribution < -0.4 is 10.6 Å². The number of rotatable bonds is 4. The lowest BCUT2D eigenvalue weighted by atomic mass is 9.76. The number of nitrogens with zero attached hydrogens (tertiary/aromatic N) is 3. The van der Waals surface area contributed by atoms with Crippen molar-refractivity contribution in [1.82, 2.24) is 20.1 Å². The third-order valence-electron chi connectivity index (χ3n) is 7.17. The van der Waals surface area contributed by atoms with Crippen molar-refractivity contribution in [2.24, 2.45) is 5.41 Å². The molecule has 4 rings (SSSR count). The maximum atomic E-state index is 12.8. The quantitative estimate of drug-likeness (QED) is 0.772. The van der Waals surface area contributed by atoms with Gasteiger partial charge in [0.1, 0.15) is 0 Å². The molecule has 32 heavy (non-hydrogen) atoms. The first-order valence-corrected chi connectivity index (χ1v) is 11.4. The van der Waals surface area contributed by atoms with Gasteiger partial charge in [0, 0.05) is 31.5 Å². The van der Waals surface area contributed by atoms with Gasteiger partial charge in [-0.15, -0.1) is 0 Å². The Hall–Kier alpha value is -2.93. The first-order chi connectivity index (χ1) is 15.4. The van der Waals surface area contributed by atoms with Crippen molar-refractivity contribution >= 4 is 17.6 Å². The molecule has 2 aromatic rings. The summed E-state index contributed by atoms with van der Waals surface area (Å²) in [6.45, 7) is 6.85. The Bertz CT molecular complexity index is 970. The van der Waals surface area contributed by atoms with E-state index in [-0.39, 0.29) is 23.4 Å². The maximum Gasteiger partial charge on any atom is 0.321 e. The van der Waals surface area contributed by atoms with Crippen molar-refractivity contribution in [1.29, 1.82) is 0 Å². The summed E-state index contributed by atoms with van der Waals surface area (Å²) in [5.74, 6) is 0.0603.